The molecule has 1 aromatic carbocycles. The molecule has 23 heavy (non-hydrogen) atoms. The van der Waals surface area contributed by atoms with E-state index in [0.717, 1.165) is 5.56 Å². The fraction of sp³-hybridized carbons (Fsp3) is 0.500. The van der Waals surface area contributed by atoms with Gasteiger partial charge in [0, 0.05) is 26.2 Å². The average Bonchev–Trinajstić information content (AvgIpc) is 2.54. The summed E-state index contributed by atoms with van der Waals surface area (Å²) in [5.41, 5.74) is 1.49. The van der Waals surface area contributed by atoms with Crippen molar-refractivity contribution < 1.29 is 19.0 Å². The van der Waals surface area contributed by atoms with Crippen LogP contribution in [0, 0.1) is 24.1 Å². The van der Waals surface area contributed by atoms with Crippen LogP contribution in [0.2, 0.25) is 0 Å². The molecular formula is C16H18FN3O3. The van der Waals surface area contributed by atoms with E-state index in [9.17, 15) is 9.18 Å². The van der Waals surface area contributed by atoms with Crippen LogP contribution in [0.5, 0.6) is 0 Å². The first kappa shape index (κ1) is 15.7. The largest absolute Gasteiger partial charge is 0.465 e. The standard InChI is InChI=1S/C16H18FN3O3/c1-10-12(2-3-14(17)13(10)6-18)15-8-19-4-5-20(16(21)22)7-11(19)9-23-15/h2-3,11,15H,4-5,7-9H2,1H3,(H,21,22)/t11-,15+/m0/s1. The molecule has 2 aliphatic heterocycles. The Morgan fingerprint density at radius 2 is 2.22 bits per heavy atom. The second-order valence-electron chi connectivity index (χ2n) is 5.95. The molecule has 2 aliphatic rings. The summed E-state index contributed by atoms with van der Waals surface area (Å²) in [6.45, 7) is 4.35. The zero-order chi connectivity index (χ0) is 16.6. The van der Waals surface area contributed by atoms with Gasteiger partial charge >= 0.3 is 6.09 Å². The van der Waals surface area contributed by atoms with Gasteiger partial charge in [-0.2, -0.15) is 5.26 Å². The predicted molar refractivity (Wildman–Crippen MR) is 79.5 cm³/mol. The Labute approximate surface area is 133 Å². The van der Waals surface area contributed by atoms with E-state index in [2.05, 4.69) is 4.90 Å². The predicted octanol–water partition coefficient (Wildman–Crippen LogP) is 1.74. The normalized spacial score (nSPS) is 24.8. The number of nitriles is 1. The molecule has 7 heteroatoms. The third kappa shape index (κ3) is 2.87. The summed E-state index contributed by atoms with van der Waals surface area (Å²) >= 11 is 0. The van der Waals surface area contributed by atoms with Crippen LogP contribution in [-0.2, 0) is 4.74 Å². The van der Waals surface area contributed by atoms with Gasteiger partial charge in [-0.05, 0) is 24.1 Å². The molecule has 122 valence electrons. The minimum Gasteiger partial charge on any atom is -0.465 e. The molecule has 0 saturated carbocycles. The van der Waals surface area contributed by atoms with E-state index in [-0.39, 0.29) is 17.7 Å². The van der Waals surface area contributed by atoms with Crippen LogP contribution in [-0.4, -0.2) is 59.8 Å². The molecule has 1 amide bonds. The molecule has 2 atom stereocenters. The Bertz CT molecular complexity index is 673. The Morgan fingerprint density at radius 1 is 1.43 bits per heavy atom. The minimum atomic E-state index is -0.903. The molecule has 0 radical (unpaired) electrons. The molecule has 1 aromatic rings. The quantitative estimate of drug-likeness (QED) is 0.853. The van der Waals surface area contributed by atoms with E-state index in [1.807, 2.05) is 6.07 Å². The highest BCUT2D eigenvalue weighted by atomic mass is 19.1. The van der Waals surface area contributed by atoms with E-state index >= 15 is 0 Å². The molecular weight excluding hydrogens is 301 g/mol. The van der Waals surface area contributed by atoms with Gasteiger partial charge in [-0.25, -0.2) is 9.18 Å². The van der Waals surface area contributed by atoms with Gasteiger partial charge < -0.3 is 14.7 Å². The smallest absolute Gasteiger partial charge is 0.407 e. The maximum atomic E-state index is 13.7. The van der Waals surface area contributed by atoms with Gasteiger partial charge in [0.25, 0.3) is 0 Å². The molecule has 0 bridgehead atoms. The van der Waals surface area contributed by atoms with Gasteiger partial charge in [-0.15, -0.1) is 0 Å². The van der Waals surface area contributed by atoms with E-state index in [1.54, 1.807) is 13.0 Å². The lowest BCUT2D eigenvalue weighted by molar-refractivity contribution is -0.0868. The van der Waals surface area contributed by atoms with E-state index in [0.29, 0.717) is 38.3 Å². The number of halogens is 1. The molecule has 0 unspecified atom stereocenters. The number of carboxylic acid groups (broad SMARTS) is 1. The first-order valence-corrected chi connectivity index (χ1v) is 7.54. The van der Waals surface area contributed by atoms with Crippen LogP contribution in [0.25, 0.3) is 0 Å². The van der Waals surface area contributed by atoms with Crippen molar-refractivity contribution in [2.24, 2.45) is 0 Å². The number of carbonyl (C=O) groups is 1. The number of morpholine rings is 1. The third-order valence-electron chi connectivity index (χ3n) is 4.68. The summed E-state index contributed by atoms with van der Waals surface area (Å²) in [7, 11) is 0. The first-order valence-electron chi connectivity index (χ1n) is 7.54. The SMILES string of the molecule is Cc1c([C@H]2CN3CCN(C(=O)O)C[C@H]3CO2)ccc(F)c1C#N. The third-order valence-corrected chi connectivity index (χ3v) is 4.68. The Hall–Kier alpha value is -2.17. The summed E-state index contributed by atoms with van der Waals surface area (Å²) < 4.78 is 19.5. The van der Waals surface area contributed by atoms with Crippen molar-refractivity contribution in [1.82, 2.24) is 9.80 Å². The number of fused-ring (bicyclic) bond motifs is 1. The topological polar surface area (TPSA) is 76.8 Å². The molecule has 2 fully saturated rings. The van der Waals surface area contributed by atoms with Gasteiger partial charge in [-0.1, -0.05) is 6.07 Å². The second-order valence-corrected chi connectivity index (χ2v) is 5.95. The van der Waals surface area contributed by atoms with E-state index in [4.69, 9.17) is 15.1 Å². The number of rotatable bonds is 1. The summed E-state index contributed by atoms with van der Waals surface area (Å²) in [5, 5.41) is 18.2. The summed E-state index contributed by atoms with van der Waals surface area (Å²) in [6, 6.07) is 4.92. The molecule has 0 aromatic heterocycles. The lowest BCUT2D eigenvalue weighted by Gasteiger charge is -2.45. The Morgan fingerprint density at radius 3 is 2.91 bits per heavy atom. The Balaban J connectivity index is 1.77. The molecule has 0 aliphatic carbocycles. The van der Waals surface area contributed by atoms with Gasteiger partial charge in [0.1, 0.15) is 11.9 Å². The number of benzene rings is 1. The van der Waals surface area contributed by atoms with Crippen LogP contribution >= 0.6 is 0 Å². The number of hydrogen-bond donors (Lipinski definition) is 1. The van der Waals surface area contributed by atoms with Crippen LogP contribution in [0.4, 0.5) is 9.18 Å². The summed E-state index contributed by atoms with van der Waals surface area (Å²) in [6.07, 6.45) is -1.13. The monoisotopic (exact) mass is 319 g/mol. The first-order chi connectivity index (χ1) is 11.0. The van der Waals surface area contributed by atoms with Gasteiger partial charge in [-0.3, -0.25) is 4.90 Å². The number of ether oxygens (including phenoxy) is 1. The molecule has 6 nitrogen and oxygen atoms in total. The van der Waals surface area contributed by atoms with Crippen molar-refractivity contribution in [3.63, 3.8) is 0 Å². The second kappa shape index (κ2) is 6.14. The fourth-order valence-electron chi connectivity index (χ4n) is 3.33. The van der Waals surface area contributed by atoms with Crippen LogP contribution in [0.1, 0.15) is 22.8 Å². The van der Waals surface area contributed by atoms with Crippen LogP contribution in [0.15, 0.2) is 12.1 Å². The maximum absolute atomic E-state index is 13.7. The van der Waals surface area contributed by atoms with Crippen LogP contribution in [0.3, 0.4) is 0 Å². The van der Waals surface area contributed by atoms with Crippen molar-refractivity contribution in [2.45, 2.75) is 19.1 Å². The zero-order valence-electron chi connectivity index (χ0n) is 12.8. The van der Waals surface area contributed by atoms with Crippen molar-refractivity contribution in [1.29, 1.82) is 5.26 Å². The lowest BCUT2D eigenvalue weighted by atomic mass is 9.96. The van der Waals surface area contributed by atoms with E-state index in [1.165, 1.54) is 11.0 Å². The molecule has 2 heterocycles. The van der Waals surface area contributed by atoms with Crippen molar-refractivity contribution in [3.05, 3.63) is 34.6 Å². The van der Waals surface area contributed by atoms with E-state index < -0.39 is 11.9 Å². The highest BCUT2D eigenvalue weighted by Crippen LogP contribution is 2.30. The van der Waals surface area contributed by atoms with Gasteiger partial charge in [0.15, 0.2) is 0 Å². The minimum absolute atomic E-state index is 0.0484. The van der Waals surface area contributed by atoms with Crippen molar-refractivity contribution >= 4 is 6.09 Å². The highest BCUT2D eigenvalue weighted by molar-refractivity contribution is 5.65. The summed E-state index contributed by atoms with van der Waals surface area (Å²) in [5.74, 6) is -0.516. The Kier molecular flexibility index (Phi) is 4.20. The molecule has 2 saturated heterocycles. The molecule has 0 spiro atoms. The molecule has 3 rings (SSSR count). The fourth-order valence-corrected chi connectivity index (χ4v) is 3.33. The number of amides is 1. The van der Waals surface area contributed by atoms with Gasteiger partial charge in [0.2, 0.25) is 0 Å². The van der Waals surface area contributed by atoms with Crippen LogP contribution < -0.4 is 0 Å². The lowest BCUT2D eigenvalue weighted by Crippen LogP contribution is -2.59. The molecule has 1 N–H and O–H groups in total. The van der Waals surface area contributed by atoms with Crippen molar-refractivity contribution in [3.8, 4) is 6.07 Å². The number of nitrogens with zero attached hydrogens (tertiary/aromatic N) is 3. The maximum Gasteiger partial charge on any atom is 0.407 e. The summed E-state index contributed by atoms with van der Waals surface area (Å²) in [4.78, 5) is 14.7. The zero-order valence-corrected chi connectivity index (χ0v) is 12.8. The highest BCUT2D eigenvalue weighted by Gasteiger charge is 2.36. The van der Waals surface area contributed by atoms with Gasteiger partial charge in [0.05, 0.1) is 24.3 Å². The number of hydrogen-bond acceptors (Lipinski definition) is 4. The van der Waals surface area contributed by atoms with Crippen molar-refractivity contribution in [2.75, 3.05) is 32.8 Å². The number of piperazine rings is 1. The average molecular weight is 319 g/mol.